The second-order valence-electron chi connectivity index (χ2n) is 3.37. The summed E-state index contributed by atoms with van der Waals surface area (Å²) < 4.78 is 1.28. The first kappa shape index (κ1) is 8.72. The largest absolute Gasteiger partial charge is 0.338 e. The Morgan fingerprint density at radius 2 is 2.06 bits per heavy atom. The van der Waals surface area contributed by atoms with Gasteiger partial charge in [0.1, 0.15) is 5.52 Å². The molecule has 0 unspecified atom stereocenters. The molecule has 0 aliphatic heterocycles. The number of benzene rings is 1. The van der Waals surface area contributed by atoms with Crippen LogP contribution in [-0.2, 0) is 0 Å². The number of nitrogens with one attached hydrogen (secondary N) is 1. The van der Waals surface area contributed by atoms with E-state index in [9.17, 15) is 0 Å². The summed E-state index contributed by atoms with van der Waals surface area (Å²) in [5, 5.41) is 12.3. The molecule has 7 heteroatoms. The van der Waals surface area contributed by atoms with Gasteiger partial charge in [-0.3, -0.25) is 0 Å². The summed E-state index contributed by atoms with van der Waals surface area (Å²) >= 11 is 0. The Morgan fingerprint density at radius 3 is 2.88 bits per heavy atom. The van der Waals surface area contributed by atoms with E-state index in [0.717, 1.165) is 10.9 Å². The minimum atomic E-state index is 0.166. The molecule has 0 saturated carbocycles. The number of hydrogen-bond donors (Lipinski definition) is 3. The molecule has 7 nitrogen and oxygen atoms in total. The fourth-order valence-electron chi connectivity index (χ4n) is 1.72. The predicted octanol–water partition coefficient (Wildman–Crippen LogP) is -0.599. The number of hydrogen-bond acceptors (Lipinski definition) is 5. The third-order valence-corrected chi connectivity index (χ3v) is 2.47. The maximum atomic E-state index is 5.80. The van der Waals surface area contributed by atoms with E-state index in [4.69, 9.17) is 11.7 Å². The average molecular weight is 215 g/mol. The molecule has 0 aliphatic carbocycles. The molecular weight excluding hydrogens is 206 g/mol. The van der Waals surface area contributed by atoms with Gasteiger partial charge in [-0.05, 0) is 6.07 Å². The number of fused-ring (bicyclic) bond motifs is 3. The topological polar surface area (TPSA) is 111 Å². The molecule has 0 aliphatic rings. The molecule has 1 aromatic carbocycles. The van der Waals surface area contributed by atoms with Crippen LogP contribution in [0.25, 0.3) is 22.1 Å². The predicted molar refractivity (Wildman–Crippen MR) is 59.3 cm³/mol. The van der Waals surface area contributed by atoms with Crippen LogP contribution < -0.4 is 17.3 Å². The van der Waals surface area contributed by atoms with Crippen LogP contribution >= 0.6 is 0 Å². The number of aromatic amines is 1. The average Bonchev–Trinajstić information content (AvgIpc) is 2.69. The van der Waals surface area contributed by atoms with Crippen molar-refractivity contribution in [3.05, 3.63) is 29.9 Å². The van der Waals surface area contributed by atoms with Gasteiger partial charge >= 0.3 is 0 Å². The highest BCUT2D eigenvalue weighted by Gasteiger charge is 2.08. The van der Waals surface area contributed by atoms with Crippen LogP contribution in [0.3, 0.4) is 0 Å². The number of para-hydroxylation sites is 1. The summed E-state index contributed by atoms with van der Waals surface area (Å²) in [5.41, 5.74) is 2.45. The van der Waals surface area contributed by atoms with Gasteiger partial charge in [-0.1, -0.05) is 18.2 Å². The van der Waals surface area contributed by atoms with E-state index >= 15 is 0 Å². The highest BCUT2D eigenvalue weighted by Crippen LogP contribution is 2.20. The van der Waals surface area contributed by atoms with E-state index in [1.54, 1.807) is 0 Å². The Morgan fingerprint density at radius 1 is 1.25 bits per heavy atom. The maximum Gasteiger partial charge on any atom is 0.286 e. The first-order valence-corrected chi connectivity index (χ1v) is 4.66. The summed E-state index contributed by atoms with van der Waals surface area (Å²) in [6, 6.07) is 7.75. The highest BCUT2D eigenvalue weighted by molar-refractivity contribution is 6.03. The van der Waals surface area contributed by atoms with E-state index in [2.05, 4.69) is 20.3 Å². The van der Waals surface area contributed by atoms with E-state index in [-0.39, 0.29) is 5.62 Å². The Labute approximate surface area is 89.4 Å². The molecule has 0 bridgehead atoms. The minimum Gasteiger partial charge on any atom is -0.338 e. The number of aromatic nitrogens is 4. The van der Waals surface area contributed by atoms with Crippen molar-refractivity contribution in [3.63, 3.8) is 0 Å². The van der Waals surface area contributed by atoms with Gasteiger partial charge in [0.15, 0.2) is 5.65 Å². The first-order chi connectivity index (χ1) is 7.81. The third kappa shape index (κ3) is 0.991. The van der Waals surface area contributed by atoms with Crippen molar-refractivity contribution in [2.45, 2.75) is 0 Å². The lowest BCUT2D eigenvalue weighted by Crippen LogP contribution is -2.33. The molecule has 0 fully saturated rings. The zero-order valence-electron chi connectivity index (χ0n) is 8.25. The monoisotopic (exact) mass is 215 g/mol. The maximum absolute atomic E-state index is 5.80. The first-order valence-electron chi connectivity index (χ1n) is 4.66. The molecule has 3 rings (SSSR count). The third-order valence-electron chi connectivity index (χ3n) is 2.47. The molecule has 3 aromatic rings. The molecule has 0 saturated heterocycles. The minimum absolute atomic E-state index is 0.166. The van der Waals surface area contributed by atoms with Gasteiger partial charge < -0.3 is 16.7 Å². The summed E-state index contributed by atoms with van der Waals surface area (Å²) in [6.45, 7) is 0. The van der Waals surface area contributed by atoms with Gasteiger partial charge in [-0.25, -0.2) is 4.68 Å². The van der Waals surface area contributed by atoms with E-state index in [0.29, 0.717) is 11.2 Å². The second kappa shape index (κ2) is 2.96. The van der Waals surface area contributed by atoms with Gasteiger partial charge in [-0.2, -0.15) is 0 Å². The molecule has 0 atom stereocenters. The van der Waals surface area contributed by atoms with Gasteiger partial charge in [-0.15, -0.1) is 15.3 Å². The van der Waals surface area contributed by atoms with E-state index in [1.807, 2.05) is 24.3 Å². The molecule has 80 valence electrons. The van der Waals surface area contributed by atoms with Gasteiger partial charge in [0.05, 0.1) is 0 Å². The van der Waals surface area contributed by atoms with Crippen LogP contribution in [0.15, 0.2) is 29.4 Å². The van der Waals surface area contributed by atoms with E-state index in [1.165, 1.54) is 4.68 Å². The lowest BCUT2D eigenvalue weighted by atomic mass is 10.2. The lowest BCUT2D eigenvalue weighted by molar-refractivity contribution is 0.787. The molecule has 0 spiro atoms. The van der Waals surface area contributed by atoms with Crippen LogP contribution in [0.2, 0.25) is 0 Å². The summed E-state index contributed by atoms with van der Waals surface area (Å²) in [4.78, 5) is 3.14. The molecule has 2 heterocycles. The van der Waals surface area contributed by atoms with Crippen molar-refractivity contribution in [2.75, 3.05) is 5.84 Å². The molecule has 0 amide bonds. The Bertz CT molecular complexity index is 736. The summed E-state index contributed by atoms with van der Waals surface area (Å²) in [5.74, 6) is 10.9. The van der Waals surface area contributed by atoms with Crippen LogP contribution in [0, 0.1) is 0 Å². The zero-order valence-corrected chi connectivity index (χ0v) is 8.25. The Kier molecular flexibility index (Phi) is 1.61. The normalized spacial score (nSPS) is 12.6. The van der Waals surface area contributed by atoms with Crippen molar-refractivity contribution in [2.24, 2.45) is 10.9 Å². The fourth-order valence-corrected chi connectivity index (χ4v) is 1.72. The SMILES string of the molecule is N/N=c1\nnc2c3ccccc3[nH]c2n1N. The quantitative estimate of drug-likeness (QED) is 0.343. The zero-order chi connectivity index (χ0) is 11.1. The second-order valence-corrected chi connectivity index (χ2v) is 3.37. The van der Waals surface area contributed by atoms with Gasteiger partial charge in [0, 0.05) is 10.9 Å². The van der Waals surface area contributed by atoms with Crippen molar-refractivity contribution >= 4 is 22.1 Å². The van der Waals surface area contributed by atoms with Gasteiger partial charge in [0.2, 0.25) is 0 Å². The van der Waals surface area contributed by atoms with Crippen molar-refractivity contribution in [1.82, 2.24) is 19.9 Å². The molecule has 0 radical (unpaired) electrons. The van der Waals surface area contributed by atoms with E-state index < -0.39 is 0 Å². The molecule has 2 aromatic heterocycles. The summed E-state index contributed by atoms with van der Waals surface area (Å²) in [7, 11) is 0. The van der Waals surface area contributed by atoms with Gasteiger partial charge in [0.25, 0.3) is 5.62 Å². The van der Waals surface area contributed by atoms with Crippen molar-refractivity contribution < 1.29 is 0 Å². The van der Waals surface area contributed by atoms with Crippen molar-refractivity contribution in [3.8, 4) is 0 Å². The number of rotatable bonds is 0. The lowest BCUT2D eigenvalue weighted by Gasteiger charge is -1.98. The fraction of sp³-hybridized carbons (Fsp3) is 0. The Hall–Kier alpha value is -2.57. The molecular formula is C9H9N7. The summed E-state index contributed by atoms with van der Waals surface area (Å²) in [6.07, 6.45) is 0. The van der Waals surface area contributed by atoms with Crippen LogP contribution in [0.5, 0.6) is 0 Å². The van der Waals surface area contributed by atoms with Crippen molar-refractivity contribution in [1.29, 1.82) is 0 Å². The molecule has 16 heavy (non-hydrogen) atoms. The standard InChI is InChI=1S/C9H9N7/c10-13-9-15-14-7-5-3-1-2-4-6(5)12-8(7)16(9)11/h1-4,12H,10-11H2/b13-9+. The number of nitrogens with zero attached hydrogens (tertiary/aromatic N) is 4. The smallest absolute Gasteiger partial charge is 0.286 e. The van der Waals surface area contributed by atoms with Crippen LogP contribution in [0.1, 0.15) is 0 Å². The van der Waals surface area contributed by atoms with Crippen LogP contribution in [0.4, 0.5) is 0 Å². The Balaban J connectivity index is 2.60. The number of nitrogens with two attached hydrogens (primary N) is 2. The number of H-pyrrole nitrogens is 1. The van der Waals surface area contributed by atoms with Crippen LogP contribution in [-0.4, -0.2) is 19.9 Å². The highest BCUT2D eigenvalue weighted by atomic mass is 15.4. The number of nitrogen functional groups attached to an aromatic ring is 1. The molecule has 5 N–H and O–H groups in total.